The van der Waals surface area contributed by atoms with E-state index in [0.29, 0.717) is 15.0 Å². The molecule has 0 amide bonds. The highest BCUT2D eigenvalue weighted by atomic mass is 32.1. The summed E-state index contributed by atoms with van der Waals surface area (Å²) in [5.41, 5.74) is 1.45. The lowest BCUT2D eigenvalue weighted by atomic mass is 9.95. The van der Waals surface area contributed by atoms with E-state index in [0.717, 1.165) is 5.56 Å². The quantitative estimate of drug-likeness (QED) is 0.561. The first-order valence-electron chi connectivity index (χ1n) is 10.2. The van der Waals surface area contributed by atoms with Crippen molar-refractivity contribution in [2.75, 3.05) is 6.61 Å². The number of rotatable bonds is 5. The number of halogens is 1. The number of fused-ring (bicyclic) bond motifs is 1. The van der Waals surface area contributed by atoms with Gasteiger partial charge in [-0.15, -0.1) is 0 Å². The Kier molecular flexibility index (Phi) is 6.28. The van der Waals surface area contributed by atoms with E-state index in [1.165, 1.54) is 22.0 Å². The third kappa shape index (κ3) is 4.11. The van der Waals surface area contributed by atoms with Crippen molar-refractivity contribution in [1.82, 2.24) is 4.57 Å². The third-order valence-corrected chi connectivity index (χ3v) is 6.05. The monoisotopic (exact) mass is 448 g/mol. The first kappa shape index (κ1) is 21.6. The Morgan fingerprint density at radius 2 is 1.91 bits per heavy atom. The molecule has 0 bridgehead atoms. The van der Waals surface area contributed by atoms with Gasteiger partial charge < -0.3 is 4.74 Å². The van der Waals surface area contributed by atoms with Crippen LogP contribution in [-0.2, 0) is 9.53 Å². The lowest BCUT2D eigenvalue weighted by Crippen LogP contribution is -2.40. The number of ether oxygens (including phenoxy) is 1. The van der Waals surface area contributed by atoms with Crippen LogP contribution in [0.1, 0.15) is 31.0 Å². The van der Waals surface area contributed by atoms with Crippen LogP contribution in [0.15, 0.2) is 81.7 Å². The van der Waals surface area contributed by atoms with E-state index in [9.17, 15) is 14.0 Å². The number of benzene rings is 2. The summed E-state index contributed by atoms with van der Waals surface area (Å²) in [7, 11) is 0. The second kappa shape index (κ2) is 9.28. The fraction of sp³-hybridized carbons (Fsp3) is 0.160. The van der Waals surface area contributed by atoms with Crippen LogP contribution in [0.5, 0.6) is 0 Å². The number of esters is 1. The van der Waals surface area contributed by atoms with Gasteiger partial charge in [0.25, 0.3) is 5.56 Å². The number of hydrogen-bond acceptors (Lipinski definition) is 5. The smallest absolute Gasteiger partial charge is 0.338 e. The maximum absolute atomic E-state index is 14.8. The molecule has 0 N–H and O–H groups in total. The molecule has 1 aliphatic heterocycles. The zero-order valence-corrected chi connectivity index (χ0v) is 18.4. The van der Waals surface area contributed by atoms with Gasteiger partial charge in [0.05, 0.1) is 22.4 Å². The molecular weight excluding hydrogens is 427 g/mol. The minimum absolute atomic E-state index is 0.161. The number of allylic oxidation sites excluding steroid dienone is 2. The molecule has 1 unspecified atom stereocenters. The van der Waals surface area contributed by atoms with E-state index >= 15 is 0 Å². The van der Waals surface area contributed by atoms with Crippen LogP contribution in [0.2, 0.25) is 0 Å². The van der Waals surface area contributed by atoms with Crippen LogP contribution in [-0.4, -0.2) is 17.1 Å². The highest BCUT2D eigenvalue weighted by molar-refractivity contribution is 7.07. The Bertz CT molecular complexity index is 1400. The number of carbonyl (C=O) groups is 1. The number of nitrogens with zero attached hydrogens (tertiary/aromatic N) is 2. The van der Waals surface area contributed by atoms with Gasteiger partial charge in [-0.3, -0.25) is 9.36 Å². The van der Waals surface area contributed by atoms with Crippen LogP contribution in [0.4, 0.5) is 4.39 Å². The molecule has 2 aromatic carbocycles. The van der Waals surface area contributed by atoms with E-state index in [1.54, 1.807) is 44.2 Å². The largest absolute Gasteiger partial charge is 0.463 e. The van der Waals surface area contributed by atoms with Crippen molar-refractivity contribution < 1.29 is 13.9 Å². The average Bonchev–Trinajstić information content (AvgIpc) is 3.09. The Balaban J connectivity index is 1.88. The summed E-state index contributed by atoms with van der Waals surface area (Å²) >= 11 is 1.20. The van der Waals surface area contributed by atoms with Gasteiger partial charge in [-0.2, -0.15) is 0 Å². The molecule has 0 saturated heterocycles. The molecule has 2 heterocycles. The standard InChI is InChI=1S/C25H21FN2O3S/c1-3-31-24(30)21-16(2)27-25-28(22(21)18-13-7-8-14-19(18)26)23(29)20(32-25)15-9-12-17-10-5-4-6-11-17/h4-15,22H,3H2,1-2H3. The predicted molar refractivity (Wildman–Crippen MR) is 123 cm³/mol. The molecule has 1 aromatic heterocycles. The van der Waals surface area contributed by atoms with Crippen LogP contribution in [0, 0.1) is 5.82 Å². The molecule has 32 heavy (non-hydrogen) atoms. The molecule has 1 atom stereocenters. The van der Waals surface area contributed by atoms with Crippen LogP contribution in [0.25, 0.3) is 12.2 Å². The van der Waals surface area contributed by atoms with Gasteiger partial charge in [0.2, 0.25) is 0 Å². The summed E-state index contributed by atoms with van der Waals surface area (Å²) < 4.78 is 21.8. The Morgan fingerprint density at radius 1 is 1.19 bits per heavy atom. The molecule has 4 rings (SSSR count). The van der Waals surface area contributed by atoms with E-state index in [4.69, 9.17) is 4.74 Å². The lowest BCUT2D eigenvalue weighted by Gasteiger charge is -2.24. The van der Waals surface area contributed by atoms with Gasteiger partial charge in [-0.05, 0) is 31.6 Å². The van der Waals surface area contributed by atoms with Gasteiger partial charge in [0.1, 0.15) is 11.9 Å². The van der Waals surface area contributed by atoms with Gasteiger partial charge in [0, 0.05) is 5.56 Å². The van der Waals surface area contributed by atoms with Crippen molar-refractivity contribution in [2.45, 2.75) is 19.9 Å². The average molecular weight is 449 g/mol. The molecule has 3 aromatic rings. The summed E-state index contributed by atoms with van der Waals surface area (Å²) in [6.07, 6.45) is 5.39. The van der Waals surface area contributed by atoms with E-state index < -0.39 is 17.8 Å². The Morgan fingerprint density at radius 3 is 2.62 bits per heavy atom. The number of hydrogen-bond donors (Lipinski definition) is 0. The van der Waals surface area contributed by atoms with Gasteiger partial charge in [0.15, 0.2) is 4.80 Å². The minimum Gasteiger partial charge on any atom is -0.463 e. The summed E-state index contributed by atoms with van der Waals surface area (Å²) in [6.45, 7) is 3.53. The molecule has 0 fully saturated rings. The maximum atomic E-state index is 14.8. The summed E-state index contributed by atoms with van der Waals surface area (Å²) in [6, 6.07) is 14.9. The zero-order chi connectivity index (χ0) is 22.7. The molecule has 5 nitrogen and oxygen atoms in total. The topological polar surface area (TPSA) is 60.7 Å². The van der Waals surface area contributed by atoms with Crippen molar-refractivity contribution in [3.8, 4) is 0 Å². The molecule has 0 radical (unpaired) electrons. The van der Waals surface area contributed by atoms with E-state index in [2.05, 4.69) is 4.99 Å². The molecule has 0 aliphatic carbocycles. The van der Waals surface area contributed by atoms with E-state index in [-0.39, 0.29) is 23.3 Å². The molecule has 0 saturated carbocycles. The molecule has 1 aliphatic rings. The fourth-order valence-electron chi connectivity index (χ4n) is 3.61. The van der Waals surface area contributed by atoms with Crippen molar-refractivity contribution >= 4 is 29.5 Å². The second-order valence-electron chi connectivity index (χ2n) is 7.12. The third-order valence-electron chi connectivity index (χ3n) is 5.05. The molecule has 7 heteroatoms. The van der Waals surface area contributed by atoms with Crippen molar-refractivity contribution in [2.24, 2.45) is 4.99 Å². The predicted octanol–water partition coefficient (Wildman–Crippen LogP) is 3.60. The fourth-order valence-corrected chi connectivity index (χ4v) is 4.61. The minimum atomic E-state index is -0.952. The van der Waals surface area contributed by atoms with E-state index in [1.807, 2.05) is 36.4 Å². The SMILES string of the molecule is CCOC(=O)C1=C(C)N=c2sc(=CC=Cc3ccccc3)c(=O)n2C1c1ccccc1F. The Labute approximate surface area is 188 Å². The highest BCUT2D eigenvalue weighted by Crippen LogP contribution is 2.31. The summed E-state index contributed by atoms with van der Waals surface area (Å²) in [5, 5.41) is 0. The summed E-state index contributed by atoms with van der Waals surface area (Å²) in [4.78, 5) is 31.0. The zero-order valence-electron chi connectivity index (χ0n) is 17.6. The van der Waals surface area contributed by atoms with Crippen LogP contribution in [0.3, 0.4) is 0 Å². The molecule has 162 valence electrons. The molecular formula is C25H21FN2O3S. The normalized spacial score (nSPS) is 16.2. The number of carbonyl (C=O) groups excluding carboxylic acids is 1. The van der Waals surface area contributed by atoms with Crippen molar-refractivity contribution in [3.63, 3.8) is 0 Å². The lowest BCUT2D eigenvalue weighted by molar-refractivity contribution is -0.139. The Hall–Kier alpha value is -3.58. The first-order valence-corrected chi connectivity index (χ1v) is 11.0. The van der Waals surface area contributed by atoms with Gasteiger partial charge in [-0.25, -0.2) is 14.2 Å². The van der Waals surface area contributed by atoms with Crippen molar-refractivity contribution in [1.29, 1.82) is 0 Å². The van der Waals surface area contributed by atoms with Gasteiger partial charge >= 0.3 is 5.97 Å². The summed E-state index contributed by atoms with van der Waals surface area (Å²) in [5.74, 6) is -1.12. The van der Waals surface area contributed by atoms with Crippen molar-refractivity contribution in [3.05, 3.63) is 109 Å². The second-order valence-corrected chi connectivity index (χ2v) is 8.13. The highest BCUT2D eigenvalue weighted by Gasteiger charge is 2.34. The number of aromatic nitrogens is 1. The van der Waals surface area contributed by atoms with Crippen LogP contribution >= 0.6 is 11.3 Å². The maximum Gasteiger partial charge on any atom is 0.338 e. The molecule has 0 spiro atoms. The first-order chi connectivity index (χ1) is 15.5. The number of thiazole rings is 1. The van der Waals surface area contributed by atoms with Gasteiger partial charge in [-0.1, -0.05) is 72.0 Å². The van der Waals surface area contributed by atoms with Crippen LogP contribution < -0.4 is 14.9 Å².